The van der Waals surface area contributed by atoms with E-state index < -0.39 is 30.4 Å². The zero-order valence-electron chi connectivity index (χ0n) is 10.3. The Morgan fingerprint density at radius 3 is 2.48 bits per heavy atom. The van der Waals surface area contributed by atoms with Crippen molar-refractivity contribution >= 4 is 28.6 Å². The van der Waals surface area contributed by atoms with Crippen LogP contribution in [-0.2, 0) is 9.59 Å². The number of benzene rings is 1. The lowest BCUT2D eigenvalue weighted by Gasteiger charge is -2.21. The van der Waals surface area contributed by atoms with Gasteiger partial charge in [-0.25, -0.2) is 9.97 Å². The Balaban J connectivity index is 2.59. The molecule has 21 heavy (non-hydrogen) atoms. The molecule has 0 spiro atoms. The molecule has 0 fully saturated rings. The molecule has 2 rings (SSSR count). The minimum atomic E-state index is -5.21. The lowest BCUT2D eigenvalue weighted by atomic mass is 10.2. The molecule has 2 aromatic rings. The van der Waals surface area contributed by atoms with Crippen molar-refractivity contribution in [3.8, 4) is 0 Å². The fourth-order valence-corrected chi connectivity index (χ4v) is 1.74. The average Bonchev–Trinajstić information content (AvgIpc) is 2.42. The molecule has 110 valence electrons. The summed E-state index contributed by atoms with van der Waals surface area (Å²) in [4.78, 5) is 29.7. The van der Waals surface area contributed by atoms with Crippen molar-refractivity contribution in [2.75, 3.05) is 11.4 Å². The maximum absolute atomic E-state index is 12.6. The first-order valence-corrected chi connectivity index (χ1v) is 5.61. The van der Waals surface area contributed by atoms with Gasteiger partial charge in [0.1, 0.15) is 18.7 Å². The molecule has 0 saturated carbocycles. The van der Waals surface area contributed by atoms with Gasteiger partial charge in [-0.1, -0.05) is 12.1 Å². The fraction of sp³-hybridized carbons (Fsp3) is 0.167. The van der Waals surface area contributed by atoms with Crippen molar-refractivity contribution in [2.45, 2.75) is 6.18 Å². The van der Waals surface area contributed by atoms with Crippen LogP contribution in [0.25, 0.3) is 10.9 Å². The summed E-state index contributed by atoms with van der Waals surface area (Å²) < 4.78 is 37.8. The van der Waals surface area contributed by atoms with Gasteiger partial charge in [0.05, 0.1) is 5.52 Å². The highest BCUT2D eigenvalue weighted by molar-refractivity contribution is 6.05. The number of para-hydroxylation sites is 1. The van der Waals surface area contributed by atoms with E-state index in [1.807, 2.05) is 0 Å². The number of halogens is 3. The van der Waals surface area contributed by atoms with Crippen molar-refractivity contribution in [1.82, 2.24) is 9.97 Å². The van der Waals surface area contributed by atoms with Crippen LogP contribution in [0, 0.1) is 0 Å². The molecule has 1 aromatic heterocycles. The third-order valence-electron chi connectivity index (χ3n) is 2.56. The number of hydrogen-bond acceptors (Lipinski definition) is 4. The zero-order valence-corrected chi connectivity index (χ0v) is 10.3. The first-order chi connectivity index (χ1) is 9.80. The van der Waals surface area contributed by atoms with Crippen LogP contribution in [0.3, 0.4) is 0 Å². The van der Waals surface area contributed by atoms with Crippen LogP contribution in [-0.4, -0.2) is 39.7 Å². The third kappa shape index (κ3) is 3.07. The van der Waals surface area contributed by atoms with E-state index in [0.29, 0.717) is 5.52 Å². The van der Waals surface area contributed by atoms with Gasteiger partial charge >= 0.3 is 18.1 Å². The quantitative estimate of drug-likeness (QED) is 0.931. The number of aliphatic carboxylic acids is 1. The fourth-order valence-electron chi connectivity index (χ4n) is 1.74. The number of anilines is 1. The van der Waals surface area contributed by atoms with E-state index in [2.05, 4.69) is 9.97 Å². The minimum Gasteiger partial charge on any atom is -0.480 e. The predicted molar refractivity (Wildman–Crippen MR) is 65.6 cm³/mol. The molecule has 0 aliphatic carbocycles. The zero-order chi connectivity index (χ0) is 15.6. The van der Waals surface area contributed by atoms with E-state index in [1.54, 1.807) is 6.07 Å². The number of aromatic nitrogens is 2. The summed E-state index contributed by atoms with van der Waals surface area (Å²) in [6.45, 7) is -1.15. The second-order valence-electron chi connectivity index (χ2n) is 4.00. The molecule has 0 bridgehead atoms. The highest BCUT2D eigenvalue weighted by Crippen LogP contribution is 2.27. The van der Waals surface area contributed by atoms with E-state index in [4.69, 9.17) is 5.11 Å². The van der Waals surface area contributed by atoms with Crippen LogP contribution >= 0.6 is 0 Å². The summed E-state index contributed by atoms with van der Waals surface area (Å²) >= 11 is 0. The summed E-state index contributed by atoms with van der Waals surface area (Å²) in [6, 6.07) is 6.04. The van der Waals surface area contributed by atoms with Crippen LogP contribution in [0.15, 0.2) is 30.6 Å². The number of carboxylic acids is 1. The molecule has 0 radical (unpaired) electrons. The van der Waals surface area contributed by atoms with Gasteiger partial charge in [0.15, 0.2) is 0 Å². The molecule has 1 amide bonds. The van der Waals surface area contributed by atoms with E-state index >= 15 is 0 Å². The number of amides is 1. The van der Waals surface area contributed by atoms with Gasteiger partial charge < -0.3 is 5.11 Å². The smallest absolute Gasteiger partial charge is 0.471 e. The molecule has 1 heterocycles. The molecule has 0 unspecified atom stereocenters. The summed E-state index contributed by atoms with van der Waals surface area (Å²) in [7, 11) is 0. The number of hydrogen-bond donors (Lipinski definition) is 1. The highest BCUT2D eigenvalue weighted by atomic mass is 19.4. The summed E-state index contributed by atoms with van der Waals surface area (Å²) in [5.41, 5.74) is 0.299. The Bertz CT molecular complexity index is 697. The molecule has 1 aromatic carbocycles. The van der Waals surface area contributed by atoms with Crippen LogP contribution in [0.2, 0.25) is 0 Å². The molecule has 0 aliphatic rings. The normalized spacial score (nSPS) is 11.4. The van der Waals surface area contributed by atoms with Crippen LogP contribution in [0.1, 0.15) is 0 Å². The molecule has 9 heteroatoms. The predicted octanol–water partition coefficient (Wildman–Crippen LogP) is 1.61. The largest absolute Gasteiger partial charge is 0.480 e. The monoisotopic (exact) mass is 299 g/mol. The Labute approximate surface area is 115 Å². The Morgan fingerprint density at radius 1 is 1.19 bits per heavy atom. The van der Waals surface area contributed by atoms with Gasteiger partial charge in [-0.3, -0.25) is 14.5 Å². The molecular formula is C12H8F3N3O3. The van der Waals surface area contributed by atoms with Crippen molar-refractivity contribution in [3.05, 3.63) is 30.6 Å². The van der Waals surface area contributed by atoms with E-state index in [-0.39, 0.29) is 10.3 Å². The summed E-state index contributed by atoms with van der Waals surface area (Å²) in [5, 5.41) is 8.88. The molecule has 0 saturated heterocycles. The number of rotatable bonds is 3. The second kappa shape index (κ2) is 5.35. The van der Waals surface area contributed by atoms with Gasteiger partial charge in [0.2, 0.25) is 0 Å². The topological polar surface area (TPSA) is 83.4 Å². The first-order valence-electron chi connectivity index (χ1n) is 5.61. The van der Waals surface area contributed by atoms with Gasteiger partial charge in [0, 0.05) is 5.39 Å². The number of carboxylic acid groups (broad SMARTS) is 1. The summed E-state index contributed by atoms with van der Waals surface area (Å²) in [6.07, 6.45) is -4.24. The van der Waals surface area contributed by atoms with Gasteiger partial charge in [-0.15, -0.1) is 0 Å². The van der Waals surface area contributed by atoms with Crippen LogP contribution < -0.4 is 4.90 Å². The maximum Gasteiger partial charge on any atom is 0.471 e. The highest BCUT2D eigenvalue weighted by Gasteiger charge is 2.44. The minimum absolute atomic E-state index is 0.0757. The van der Waals surface area contributed by atoms with Crippen LogP contribution in [0.5, 0.6) is 0 Å². The number of carbonyl (C=O) groups is 2. The van der Waals surface area contributed by atoms with Crippen molar-refractivity contribution < 1.29 is 27.9 Å². The standard InChI is InChI=1S/C12H8F3N3O3/c13-12(14,15)11(21)18(5-9(19)20)10-7-3-1-2-4-8(7)16-6-17-10/h1-4,6H,5H2,(H,19,20). The number of fused-ring (bicyclic) bond motifs is 1. The van der Waals surface area contributed by atoms with Crippen LogP contribution in [0.4, 0.5) is 19.0 Å². The molecule has 6 nitrogen and oxygen atoms in total. The van der Waals surface area contributed by atoms with E-state index in [0.717, 1.165) is 6.33 Å². The number of alkyl halides is 3. The van der Waals surface area contributed by atoms with Crippen molar-refractivity contribution in [2.24, 2.45) is 0 Å². The number of nitrogens with zero attached hydrogens (tertiary/aromatic N) is 3. The lowest BCUT2D eigenvalue weighted by molar-refractivity contribution is -0.171. The molecule has 0 aliphatic heterocycles. The molecule has 0 atom stereocenters. The Kier molecular flexibility index (Phi) is 3.74. The Morgan fingerprint density at radius 2 is 1.86 bits per heavy atom. The molecular weight excluding hydrogens is 291 g/mol. The van der Waals surface area contributed by atoms with Crippen molar-refractivity contribution in [1.29, 1.82) is 0 Å². The van der Waals surface area contributed by atoms with Gasteiger partial charge in [-0.05, 0) is 12.1 Å². The third-order valence-corrected chi connectivity index (χ3v) is 2.56. The molecule has 1 N–H and O–H groups in total. The lowest BCUT2D eigenvalue weighted by Crippen LogP contribution is -2.44. The number of carbonyl (C=O) groups excluding carboxylic acids is 1. The Hall–Kier alpha value is -2.71. The summed E-state index contributed by atoms with van der Waals surface area (Å²) in [5.74, 6) is -4.28. The van der Waals surface area contributed by atoms with Gasteiger partial charge in [-0.2, -0.15) is 13.2 Å². The van der Waals surface area contributed by atoms with E-state index in [9.17, 15) is 22.8 Å². The first kappa shape index (κ1) is 14.7. The second-order valence-corrected chi connectivity index (χ2v) is 4.00. The van der Waals surface area contributed by atoms with Crippen molar-refractivity contribution in [3.63, 3.8) is 0 Å². The SMILES string of the molecule is O=C(O)CN(C(=O)C(F)(F)F)c1ncnc2ccccc12. The van der Waals surface area contributed by atoms with E-state index in [1.165, 1.54) is 18.2 Å². The van der Waals surface area contributed by atoms with Gasteiger partial charge in [0.25, 0.3) is 0 Å². The maximum atomic E-state index is 12.6. The average molecular weight is 299 g/mol.